The topological polar surface area (TPSA) is 25.8 Å². The smallest absolute Gasteiger partial charge is 0.231 e. The lowest BCUT2D eigenvalue weighted by Crippen LogP contribution is -2.08. The van der Waals surface area contributed by atoms with Crippen LogP contribution in [0.25, 0.3) is 0 Å². The van der Waals surface area contributed by atoms with E-state index in [1.807, 2.05) is 0 Å². The third-order valence-electron chi connectivity index (χ3n) is 2.57. The highest BCUT2D eigenvalue weighted by molar-refractivity contribution is 7.98. The first kappa shape index (κ1) is 16.6. The number of halogens is 6. The minimum Gasteiger partial charge on any atom is -0.231 e. The van der Waals surface area contributed by atoms with Gasteiger partial charge >= 0.3 is 12.4 Å². The van der Waals surface area contributed by atoms with E-state index in [1.54, 1.807) is 0 Å². The predicted octanol–water partition coefficient (Wildman–Crippen LogP) is 4.81. The second kappa shape index (κ2) is 6.15. The molecule has 22 heavy (non-hydrogen) atoms. The molecule has 1 aromatic heterocycles. The van der Waals surface area contributed by atoms with Gasteiger partial charge in [-0.1, -0.05) is 23.9 Å². The summed E-state index contributed by atoms with van der Waals surface area (Å²) in [5.41, 5.74) is -1.31. The Morgan fingerprint density at radius 1 is 0.864 bits per heavy atom. The lowest BCUT2D eigenvalue weighted by molar-refractivity contribution is -0.141. The van der Waals surface area contributed by atoms with Gasteiger partial charge in [-0.15, -0.1) is 0 Å². The van der Waals surface area contributed by atoms with Crippen LogP contribution in [0.5, 0.6) is 0 Å². The van der Waals surface area contributed by atoms with Gasteiger partial charge in [-0.05, 0) is 23.8 Å². The van der Waals surface area contributed by atoms with Crippen LogP contribution in [0.15, 0.2) is 41.7 Å². The summed E-state index contributed by atoms with van der Waals surface area (Å²) in [4.78, 5) is 7.06. The number of nitrogens with zero attached hydrogens (tertiary/aromatic N) is 2. The van der Waals surface area contributed by atoms with E-state index in [4.69, 9.17) is 0 Å². The van der Waals surface area contributed by atoms with Gasteiger partial charge in [0.15, 0.2) is 5.16 Å². The van der Waals surface area contributed by atoms with E-state index in [-0.39, 0.29) is 10.9 Å². The largest absolute Gasteiger partial charge is 0.433 e. The van der Waals surface area contributed by atoms with Crippen molar-refractivity contribution in [2.24, 2.45) is 0 Å². The lowest BCUT2D eigenvalue weighted by Gasteiger charge is -2.08. The Kier molecular flexibility index (Phi) is 4.64. The quantitative estimate of drug-likeness (QED) is 0.456. The fourth-order valence-corrected chi connectivity index (χ4v) is 2.29. The molecule has 0 amide bonds. The van der Waals surface area contributed by atoms with Crippen molar-refractivity contribution in [2.75, 3.05) is 0 Å². The molecule has 0 saturated carbocycles. The van der Waals surface area contributed by atoms with Gasteiger partial charge in [0.2, 0.25) is 0 Å². The molecule has 1 heterocycles. The first-order chi connectivity index (χ1) is 10.2. The fourth-order valence-electron chi connectivity index (χ4n) is 1.51. The van der Waals surface area contributed by atoms with Gasteiger partial charge in [0.05, 0.1) is 5.56 Å². The van der Waals surface area contributed by atoms with Crippen LogP contribution in [0.2, 0.25) is 0 Å². The number of hydrogen-bond acceptors (Lipinski definition) is 3. The number of hydrogen-bond donors (Lipinski definition) is 0. The van der Waals surface area contributed by atoms with Crippen molar-refractivity contribution >= 4 is 11.8 Å². The van der Waals surface area contributed by atoms with Gasteiger partial charge in [0.25, 0.3) is 0 Å². The summed E-state index contributed by atoms with van der Waals surface area (Å²) in [5.74, 6) is 0.166. The SMILES string of the molecule is FC(F)(F)c1ccc(CSc2nccc(C(F)(F)F)n2)cc1. The molecule has 1 aromatic carbocycles. The monoisotopic (exact) mass is 338 g/mol. The molecule has 0 aliphatic rings. The molecule has 9 heteroatoms. The molecule has 0 aliphatic heterocycles. The predicted molar refractivity (Wildman–Crippen MR) is 68.0 cm³/mol. The summed E-state index contributed by atoms with van der Waals surface area (Å²) in [7, 11) is 0. The number of thioether (sulfide) groups is 1. The van der Waals surface area contributed by atoms with Gasteiger partial charge in [-0.3, -0.25) is 0 Å². The molecule has 0 N–H and O–H groups in total. The Labute approximate surface area is 125 Å². The van der Waals surface area contributed by atoms with Crippen molar-refractivity contribution in [1.82, 2.24) is 9.97 Å². The molecule has 0 radical (unpaired) electrons. The lowest BCUT2D eigenvalue weighted by atomic mass is 10.1. The first-order valence-corrected chi connectivity index (χ1v) is 6.84. The average molecular weight is 338 g/mol. The van der Waals surface area contributed by atoms with E-state index < -0.39 is 23.6 Å². The molecule has 0 spiro atoms. The Hall–Kier alpha value is -1.77. The zero-order valence-corrected chi connectivity index (χ0v) is 11.6. The molecule has 2 nitrogen and oxygen atoms in total. The van der Waals surface area contributed by atoms with Crippen LogP contribution < -0.4 is 0 Å². The molecule has 2 aromatic rings. The normalized spacial score (nSPS) is 12.5. The zero-order chi connectivity index (χ0) is 16.4. The Morgan fingerprint density at radius 2 is 1.50 bits per heavy atom. The maximum atomic E-state index is 12.5. The standard InChI is InChI=1S/C13H8F6N2S/c14-12(15,16)9-3-1-8(2-4-9)7-22-11-20-6-5-10(21-11)13(17,18)19/h1-6H,7H2. The van der Waals surface area contributed by atoms with Crippen molar-refractivity contribution in [3.8, 4) is 0 Å². The zero-order valence-electron chi connectivity index (χ0n) is 10.7. The third-order valence-corrected chi connectivity index (χ3v) is 3.51. The van der Waals surface area contributed by atoms with E-state index in [0.29, 0.717) is 5.56 Å². The molecule has 118 valence electrons. The van der Waals surface area contributed by atoms with Gasteiger partial charge in [0.1, 0.15) is 5.69 Å². The third kappa shape index (κ3) is 4.36. The minimum atomic E-state index is -4.56. The van der Waals surface area contributed by atoms with Crippen molar-refractivity contribution in [3.05, 3.63) is 53.3 Å². The highest BCUT2D eigenvalue weighted by Gasteiger charge is 2.33. The maximum absolute atomic E-state index is 12.5. The molecule has 0 unspecified atom stereocenters. The highest BCUT2D eigenvalue weighted by atomic mass is 32.2. The van der Waals surface area contributed by atoms with Crippen LogP contribution >= 0.6 is 11.8 Å². The number of alkyl halides is 6. The van der Waals surface area contributed by atoms with Gasteiger partial charge < -0.3 is 0 Å². The van der Waals surface area contributed by atoms with Crippen LogP contribution in [0.3, 0.4) is 0 Å². The second-order valence-corrected chi connectivity index (χ2v) is 5.15. The van der Waals surface area contributed by atoms with E-state index in [2.05, 4.69) is 9.97 Å². The Morgan fingerprint density at radius 3 is 2.05 bits per heavy atom. The van der Waals surface area contributed by atoms with Crippen molar-refractivity contribution in [2.45, 2.75) is 23.3 Å². The Balaban J connectivity index is 2.04. The van der Waals surface area contributed by atoms with E-state index >= 15 is 0 Å². The van der Waals surface area contributed by atoms with Crippen LogP contribution in [-0.2, 0) is 18.1 Å². The van der Waals surface area contributed by atoms with Crippen molar-refractivity contribution in [3.63, 3.8) is 0 Å². The number of rotatable bonds is 3. The highest BCUT2D eigenvalue weighted by Crippen LogP contribution is 2.31. The average Bonchev–Trinajstić information content (AvgIpc) is 2.44. The molecule has 0 atom stereocenters. The molecule has 0 fully saturated rings. The van der Waals surface area contributed by atoms with Gasteiger partial charge in [-0.2, -0.15) is 26.3 Å². The fraction of sp³-hybridized carbons (Fsp3) is 0.231. The molecule has 0 bridgehead atoms. The molecular formula is C13H8F6N2S. The molecule has 0 saturated heterocycles. The Bertz CT molecular complexity index is 636. The van der Waals surface area contributed by atoms with Crippen molar-refractivity contribution in [1.29, 1.82) is 0 Å². The summed E-state index contributed by atoms with van der Waals surface area (Å²) < 4.78 is 74.6. The second-order valence-electron chi connectivity index (χ2n) is 4.21. The summed E-state index contributed by atoms with van der Waals surface area (Å²) in [6.07, 6.45) is -7.99. The molecular weight excluding hydrogens is 330 g/mol. The van der Waals surface area contributed by atoms with E-state index in [9.17, 15) is 26.3 Å². The molecule has 2 rings (SSSR count). The number of benzene rings is 1. The van der Waals surface area contributed by atoms with Crippen LogP contribution in [0.1, 0.15) is 16.8 Å². The van der Waals surface area contributed by atoms with Crippen LogP contribution in [0, 0.1) is 0 Å². The first-order valence-electron chi connectivity index (χ1n) is 5.85. The summed E-state index contributed by atoms with van der Waals surface area (Å²) in [5, 5.41) is -0.0882. The summed E-state index contributed by atoms with van der Waals surface area (Å²) in [6, 6.07) is 5.13. The van der Waals surface area contributed by atoms with E-state index in [1.165, 1.54) is 12.1 Å². The van der Waals surface area contributed by atoms with Crippen molar-refractivity contribution < 1.29 is 26.3 Å². The minimum absolute atomic E-state index is 0.0882. The summed E-state index contributed by atoms with van der Waals surface area (Å²) in [6.45, 7) is 0. The van der Waals surface area contributed by atoms with Crippen LogP contribution in [-0.4, -0.2) is 9.97 Å². The molecule has 0 aliphatic carbocycles. The van der Waals surface area contributed by atoms with E-state index in [0.717, 1.165) is 36.2 Å². The maximum Gasteiger partial charge on any atom is 0.433 e. The van der Waals surface area contributed by atoms with Gasteiger partial charge in [-0.25, -0.2) is 9.97 Å². The number of aromatic nitrogens is 2. The van der Waals surface area contributed by atoms with Gasteiger partial charge in [0, 0.05) is 11.9 Å². The van der Waals surface area contributed by atoms with Crippen LogP contribution in [0.4, 0.5) is 26.3 Å². The summed E-state index contributed by atoms with van der Waals surface area (Å²) >= 11 is 0.914.